The summed E-state index contributed by atoms with van der Waals surface area (Å²) in [6.07, 6.45) is 0. The fourth-order valence-electron chi connectivity index (χ4n) is 2.02. The van der Waals surface area contributed by atoms with Gasteiger partial charge in [0.05, 0.1) is 20.8 Å². The smallest absolute Gasteiger partial charge is 0.251 e. The molecule has 3 aromatic rings. The molecule has 2 heterocycles. The molecule has 1 amide bonds. The maximum Gasteiger partial charge on any atom is 0.251 e. The number of fused-ring (bicyclic) bond motifs is 1. The van der Waals surface area contributed by atoms with E-state index in [9.17, 15) is 4.79 Å². The van der Waals surface area contributed by atoms with E-state index in [1.807, 2.05) is 6.92 Å². The summed E-state index contributed by atoms with van der Waals surface area (Å²) in [6, 6.07) is 5.02. The molecule has 0 aliphatic carbocycles. The molecule has 9 heteroatoms. The first-order chi connectivity index (χ1) is 11.1. The van der Waals surface area contributed by atoms with E-state index in [1.54, 1.807) is 22.7 Å². The molecule has 8 nitrogen and oxygen atoms in total. The fourth-order valence-corrected chi connectivity index (χ4v) is 2.84. The number of hydrogen-bond donors (Lipinski definition) is 1. The largest absolute Gasteiger partial charge is 0.497 e. The molecule has 0 saturated carbocycles. The van der Waals surface area contributed by atoms with Crippen LogP contribution < -0.4 is 14.8 Å². The first kappa shape index (κ1) is 15.2. The maximum atomic E-state index is 12.3. The number of amides is 1. The zero-order chi connectivity index (χ0) is 16.4. The van der Waals surface area contributed by atoms with Gasteiger partial charge in [-0.2, -0.15) is 9.61 Å². The molecule has 23 heavy (non-hydrogen) atoms. The second-order valence-electron chi connectivity index (χ2n) is 4.72. The zero-order valence-electron chi connectivity index (χ0n) is 12.9. The lowest BCUT2D eigenvalue weighted by Crippen LogP contribution is -2.22. The number of aromatic nitrogens is 4. The number of rotatable bonds is 5. The van der Waals surface area contributed by atoms with Crippen molar-refractivity contribution >= 4 is 22.2 Å². The van der Waals surface area contributed by atoms with E-state index in [4.69, 9.17) is 9.47 Å². The SMILES string of the molecule is COc1cc(OC)cc(C(=O)NCc2nn3c(C)nnc3s2)c1. The predicted molar refractivity (Wildman–Crippen MR) is 84.1 cm³/mol. The highest BCUT2D eigenvalue weighted by Crippen LogP contribution is 2.22. The molecule has 2 aromatic heterocycles. The normalized spacial score (nSPS) is 10.7. The van der Waals surface area contributed by atoms with Gasteiger partial charge in [0.15, 0.2) is 5.82 Å². The van der Waals surface area contributed by atoms with Gasteiger partial charge in [-0.05, 0) is 19.1 Å². The number of benzene rings is 1. The molecule has 0 fully saturated rings. The van der Waals surface area contributed by atoms with Crippen LogP contribution in [0.3, 0.4) is 0 Å². The van der Waals surface area contributed by atoms with E-state index >= 15 is 0 Å². The van der Waals surface area contributed by atoms with Crippen LogP contribution in [-0.2, 0) is 6.54 Å². The van der Waals surface area contributed by atoms with Crippen molar-refractivity contribution in [3.63, 3.8) is 0 Å². The predicted octanol–water partition coefficient (Wildman–Crippen LogP) is 1.44. The first-order valence-electron chi connectivity index (χ1n) is 6.79. The number of methoxy groups -OCH3 is 2. The van der Waals surface area contributed by atoms with Gasteiger partial charge in [-0.3, -0.25) is 4.79 Å². The van der Waals surface area contributed by atoms with Gasteiger partial charge in [0.1, 0.15) is 16.5 Å². The van der Waals surface area contributed by atoms with Crippen molar-refractivity contribution in [1.82, 2.24) is 25.1 Å². The Morgan fingerprint density at radius 3 is 2.52 bits per heavy atom. The minimum atomic E-state index is -0.232. The van der Waals surface area contributed by atoms with Crippen molar-refractivity contribution in [2.45, 2.75) is 13.5 Å². The molecule has 0 unspecified atom stereocenters. The maximum absolute atomic E-state index is 12.3. The van der Waals surface area contributed by atoms with Crippen LogP contribution in [0.25, 0.3) is 4.96 Å². The van der Waals surface area contributed by atoms with Gasteiger partial charge in [0, 0.05) is 11.6 Å². The molecule has 0 radical (unpaired) electrons. The van der Waals surface area contributed by atoms with Crippen molar-refractivity contribution in [1.29, 1.82) is 0 Å². The Kier molecular flexibility index (Phi) is 4.11. The average Bonchev–Trinajstić information content (AvgIpc) is 3.13. The highest BCUT2D eigenvalue weighted by molar-refractivity contribution is 7.16. The third-order valence-electron chi connectivity index (χ3n) is 3.20. The quantitative estimate of drug-likeness (QED) is 0.760. The molecule has 0 aliphatic rings. The molecule has 0 saturated heterocycles. The van der Waals surface area contributed by atoms with Crippen molar-refractivity contribution in [3.05, 3.63) is 34.6 Å². The fraction of sp³-hybridized carbons (Fsp3) is 0.286. The Balaban J connectivity index is 1.73. The van der Waals surface area contributed by atoms with Crippen molar-refractivity contribution < 1.29 is 14.3 Å². The van der Waals surface area contributed by atoms with E-state index in [0.29, 0.717) is 34.4 Å². The van der Waals surface area contributed by atoms with E-state index < -0.39 is 0 Å². The lowest BCUT2D eigenvalue weighted by atomic mass is 10.2. The van der Waals surface area contributed by atoms with Crippen molar-refractivity contribution in [2.75, 3.05) is 14.2 Å². The average molecular weight is 333 g/mol. The van der Waals surface area contributed by atoms with Crippen LogP contribution in [0.15, 0.2) is 18.2 Å². The molecule has 0 spiro atoms. The molecular weight excluding hydrogens is 318 g/mol. The summed E-state index contributed by atoms with van der Waals surface area (Å²) in [5, 5.41) is 15.8. The molecule has 0 bridgehead atoms. The van der Waals surface area contributed by atoms with Gasteiger partial charge in [0.25, 0.3) is 5.91 Å². The summed E-state index contributed by atoms with van der Waals surface area (Å²) in [7, 11) is 3.08. The lowest BCUT2D eigenvalue weighted by molar-refractivity contribution is 0.0950. The van der Waals surface area contributed by atoms with Crippen LogP contribution in [-0.4, -0.2) is 39.9 Å². The number of carbonyl (C=O) groups is 1. The zero-order valence-corrected chi connectivity index (χ0v) is 13.7. The van der Waals surface area contributed by atoms with Gasteiger partial charge in [-0.25, -0.2) is 0 Å². The summed E-state index contributed by atoms with van der Waals surface area (Å²) >= 11 is 1.38. The minimum Gasteiger partial charge on any atom is -0.497 e. The summed E-state index contributed by atoms with van der Waals surface area (Å²) in [4.78, 5) is 13.0. The Morgan fingerprint density at radius 2 is 1.91 bits per heavy atom. The second-order valence-corrected chi connectivity index (χ2v) is 5.76. The second kappa shape index (κ2) is 6.21. The van der Waals surface area contributed by atoms with Gasteiger partial charge < -0.3 is 14.8 Å². The number of nitrogens with zero attached hydrogens (tertiary/aromatic N) is 4. The Bertz CT molecular complexity index is 835. The topological polar surface area (TPSA) is 90.6 Å². The van der Waals surface area contributed by atoms with Gasteiger partial charge in [0.2, 0.25) is 4.96 Å². The monoisotopic (exact) mass is 333 g/mol. The molecule has 120 valence electrons. The standard InChI is InChI=1S/C14H15N5O3S/c1-8-16-17-14-19(8)18-12(23-14)7-15-13(20)9-4-10(21-2)6-11(5-9)22-3/h4-6H,7H2,1-3H3,(H,15,20). The van der Waals surface area contributed by atoms with Crippen LogP contribution >= 0.6 is 11.3 Å². The van der Waals surface area contributed by atoms with Gasteiger partial charge in [-0.15, -0.1) is 10.2 Å². The van der Waals surface area contributed by atoms with E-state index in [-0.39, 0.29) is 5.91 Å². The van der Waals surface area contributed by atoms with Crippen LogP contribution in [0.5, 0.6) is 11.5 Å². The van der Waals surface area contributed by atoms with E-state index in [2.05, 4.69) is 20.6 Å². The molecule has 1 aromatic carbocycles. The first-order valence-corrected chi connectivity index (χ1v) is 7.61. The third kappa shape index (κ3) is 3.09. The minimum absolute atomic E-state index is 0.232. The Morgan fingerprint density at radius 1 is 1.22 bits per heavy atom. The molecule has 0 atom stereocenters. The summed E-state index contributed by atoms with van der Waals surface area (Å²) < 4.78 is 12.0. The third-order valence-corrected chi connectivity index (χ3v) is 4.10. The number of ether oxygens (including phenoxy) is 2. The Labute approximate surface area is 136 Å². The number of carbonyl (C=O) groups excluding carboxylic acids is 1. The van der Waals surface area contributed by atoms with Crippen LogP contribution in [0.1, 0.15) is 21.2 Å². The van der Waals surface area contributed by atoms with Gasteiger partial charge >= 0.3 is 0 Å². The molecular formula is C14H15N5O3S. The molecule has 0 aliphatic heterocycles. The van der Waals surface area contributed by atoms with E-state index in [0.717, 1.165) is 5.01 Å². The van der Waals surface area contributed by atoms with Crippen LogP contribution in [0, 0.1) is 6.92 Å². The molecule has 1 N–H and O–H groups in total. The van der Waals surface area contributed by atoms with Crippen molar-refractivity contribution in [2.24, 2.45) is 0 Å². The van der Waals surface area contributed by atoms with Crippen LogP contribution in [0.2, 0.25) is 0 Å². The number of hydrogen-bond acceptors (Lipinski definition) is 7. The molecule has 3 rings (SSSR count). The Hall–Kier alpha value is -2.68. The highest BCUT2D eigenvalue weighted by atomic mass is 32.1. The highest BCUT2D eigenvalue weighted by Gasteiger charge is 2.12. The number of nitrogens with one attached hydrogen (secondary N) is 1. The van der Waals surface area contributed by atoms with Crippen LogP contribution in [0.4, 0.5) is 0 Å². The van der Waals surface area contributed by atoms with E-state index in [1.165, 1.54) is 25.6 Å². The lowest BCUT2D eigenvalue weighted by Gasteiger charge is -2.08. The summed E-state index contributed by atoms with van der Waals surface area (Å²) in [5.41, 5.74) is 0.459. The number of aryl methyl sites for hydroxylation is 1. The van der Waals surface area contributed by atoms with Gasteiger partial charge in [-0.1, -0.05) is 11.3 Å². The van der Waals surface area contributed by atoms with Crippen molar-refractivity contribution in [3.8, 4) is 11.5 Å². The summed E-state index contributed by atoms with van der Waals surface area (Å²) in [5.74, 6) is 1.60. The summed E-state index contributed by atoms with van der Waals surface area (Å²) in [6.45, 7) is 2.14.